The Kier molecular flexibility index (Phi) is 9.13. The van der Waals surface area contributed by atoms with Gasteiger partial charge in [-0.15, -0.1) is 16.9 Å². The summed E-state index contributed by atoms with van der Waals surface area (Å²) in [5.74, 6) is -0.538. The number of aromatic nitrogens is 8. The third-order valence-corrected chi connectivity index (χ3v) is 9.38. The predicted molar refractivity (Wildman–Crippen MR) is 170 cm³/mol. The minimum absolute atomic E-state index is 0.0609. The molecule has 4 aromatic heterocycles. The average Bonchev–Trinajstić information content (AvgIpc) is 3.84. The van der Waals surface area contributed by atoms with Crippen LogP contribution in [0.3, 0.4) is 0 Å². The number of alkyl halides is 2. The van der Waals surface area contributed by atoms with Gasteiger partial charge in [-0.3, -0.25) is 9.48 Å². The number of thioether (sulfide) groups is 1. The molecule has 0 radical (unpaired) electrons. The summed E-state index contributed by atoms with van der Waals surface area (Å²) in [6.45, 7) is 0.887. The van der Waals surface area contributed by atoms with Crippen molar-refractivity contribution >= 4 is 29.0 Å². The Bertz CT molecular complexity index is 1850. The SMILES string of the molecule is CSc1ccc(OC(F)F)c(-c2nn(Cc3cn(C4CCN(C5CCOCC5)CC4)nn3)cc2NC(=O)c2cnn3cccnc23)c1. The Morgan fingerprint density at radius 3 is 2.77 bits per heavy atom. The molecule has 47 heavy (non-hydrogen) atoms. The van der Waals surface area contributed by atoms with E-state index in [0.717, 1.165) is 56.9 Å². The van der Waals surface area contributed by atoms with Crippen molar-refractivity contribution in [2.75, 3.05) is 37.9 Å². The molecule has 1 amide bonds. The lowest BCUT2D eigenvalue weighted by molar-refractivity contribution is -0.0494. The van der Waals surface area contributed by atoms with Gasteiger partial charge in [-0.25, -0.2) is 14.2 Å². The van der Waals surface area contributed by atoms with Gasteiger partial charge in [-0.1, -0.05) is 5.21 Å². The van der Waals surface area contributed by atoms with Gasteiger partial charge in [0.25, 0.3) is 5.91 Å². The summed E-state index contributed by atoms with van der Waals surface area (Å²) in [6, 6.07) is 7.43. The Morgan fingerprint density at radius 1 is 1.15 bits per heavy atom. The summed E-state index contributed by atoms with van der Waals surface area (Å²) in [4.78, 5) is 21.1. The van der Waals surface area contributed by atoms with Crippen molar-refractivity contribution < 1.29 is 23.0 Å². The third-order valence-electron chi connectivity index (χ3n) is 8.65. The van der Waals surface area contributed by atoms with Crippen molar-refractivity contribution in [3.63, 3.8) is 0 Å². The van der Waals surface area contributed by atoms with Crippen LogP contribution in [0.4, 0.5) is 14.5 Å². The Labute approximate surface area is 273 Å². The molecule has 1 aromatic carbocycles. The Hall–Kier alpha value is -4.41. The summed E-state index contributed by atoms with van der Waals surface area (Å²) >= 11 is 1.44. The van der Waals surface area contributed by atoms with Crippen LogP contribution in [0.5, 0.6) is 5.75 Å². The number of hydrogen-bond acceptors (Lipinski definition) is 10. The lowest BCUT2D eigenvalue weighted by Crippen LogP contribution is -2.44. The van der Waals surface area contributed by atoms with Crippen LogP contribution in [0.2, 0.25) is 0 Å². The van der Waals surface area contributed by atoms with Gasteiger partial charge in [-0.05, 0) is 56.2 Å². The minimum Gasteiger partial charge on any atom is -0.434 e. The number of benzene rings is 1. The molecule has 2 aliphatic heterocycles. The molecule has 13 nitrogen and oxygen atoms in total. The Balaban J connectivity index is 1.15. The van der Waals surface area contributed by atoms with E-state index >= 15 is 0 Å². The van der Waals surface area contributed by atoms with Gasteiger partial charge in [0.15, 0.2) is 5.65 Å². The van der Waals surface area contributed by atoms with E-state index in [9.17, 15) is 13.6 Å². The second-order valence-electron chi connectivity index (χ2n) is 11.5. The quantitative estimate of drug-likeness (QED) is 0.211. The highest BCUT2D eigenvalue weighted by atomic mass is 32.2. The van der Waals surface area contributed by atoms with E-state index in [1.807, 2.05) is 17.1 Å². The molecule has 246 valence electrons. The Morgan fingerprint density at radius 2 is 1.98 bits per heavy atom. The largest absolute Gasteiger partial charge is 0.434 e. The van der Waals surface area contributed by atoms with Crippen molar-refractivity contribution in [3.8, 4) is 17.0 Å². The molecule has 2 fully saturated rings. The zero-order valence-corrected chi connectivity index (χ0v) is 26.5. The second kappa shape index (κ2) is 13.8. The summed E-state index contributed by atoms with van der Waals surface area (Å²) in [7, 11) is 0. The number of rotatable bonds is 10. The molecule has 0 unspecified atom stereocenters. The van der Waals surface area contributed by atoms with Gasteiger partial charge in [-0.2, -0.15) is 19.0 Å². The molecule has 2 aliphatic rings. The molecule has 16 heteroatoms. The number of nitrogens with zero attached hydrogens (tertiary/aromatic N) is 9. The molecule has 6 heterocycles. The number of hydrogen-bond donors (Lipinski definition) is 1. The summed E-state index contributed by atoms with van der Waals surface area (Å²) in [6.07, 6.45) is 14.3. The monoisotopic (exact) mass is 664 g/mol. The number of amides is 1. The highest BCUT2D eigenvalue weighted by molar-refractivity contribution is 7.98. The fourth-order valence-corrected chi connectivity index (χ4v) is 6.73. The number of carbonyl (C=O) groups is 1. The number of likely N-dealkylation sites (tertiary alicyclic amines) is 1. The van der Waals surface area contributed by atoms with E-state index in [2.05, 4.69) is 30.6 Å². The maximum absolute atomic E-state index is 13.5. The van der Waals surface area contributed by atoms with Gasteiger partial charge >= 0.3 is 6.61 Å². The summed E-state index contributed by atoms with van der Waals surface area (Å²) < 4.78 is 42.3. The van der Waals surface area contributed by atoms with Crippen molar-refractivity contribution in [1.29, 1.82) is 0 Å². The zero-order chi connectivity index (χ0) is 32.3. The third kappa shape index (κ3) is 6.84. The number of anilines is 1. The van der Waals surface area contributed by atoms with E-state index in [0.29, 0.717) is 28.6 Å². The van der Waals surface area contributed by atoms with Crippen LogP contribution < -0.4 is 10.1 Å². The number of nitrogens with one attached hydrogen (secondary N) is 1. The lowest BCUT2D eigenvalue weighted by Gasteiger charge is -2.39. The van der Waals surface area contributed by atoms with Crippen LogP contribution in [-0.2, 0) is 11.3 Å². The molecule has 7 rings (SSSR count). The first-order valence-corrected chi connectivity index (χ1v) is 16.7. The van der Waals surface area contributed by atoms with Gasteiger partial charge in [0.1, 0.15) is 22.7 Å². The highest BCUT2D eigenvalue weighted by Crippen LogP contribution is 2.38. The van der Waals surface area contributed by atoms with Crippen LogP contribution in [0.1, 0.15) is 47.8 Å². The van der Waals surface area contributed by atoms with Crippen LogP contribution in [0, 0.1) is 0 Å². The van der Waals surface area contributed by atoms with E-state index in [4.69, 9.17) is 14.6 Å². The van der Waals surface area contributed by atoms with Gasteiger partial charge < -0.3 is 19.7 Å². The standard InChI is InChI=1S/C31H34F2N10O3S/c1-47-23-3-4-27(46-31(32)33)24(15-23)28-26(36-30(44)25-16-35-42-10-2-9-34-29(25)42)19-41(38-28)17-20-18-43(39-37-20)22-5-11-40(12-6-22)21-7-13-45-14-8-21/h2-4,9-10,15-16,18-19,21-22,31H,5-8,11-14,17H2,1H3,(H,36,44). The number of piperidine rings is 1. The first kappa shape index (κ1) is 31.2. The van der Waals surface area contributed by atoms with Crippen LogP contribution in [0.15, 0.2) is 60.1 Å². The predicted octanol–water partition coefficient (Wildman–Crippen LogP) is 4.62. The molecule has 5 aromatic rings. The fraction of sp³-hybridized carbons (Fsp3) is 0.419. The van der Waals surface area contributed by atoms with Crippen LogP contribution in [-0.4, -0.2) is 95.4 Å². The fourth-order valence-electron chi connectivity index (χ4n) is 6.29. The van der Waals surface area contributed by atoms with Crippen molar-refractivity contribution in [2.24, 2.45) is 0 Å². The first-order valence-electron chi connectivity index (χ1n) is 15.5. The molecule has 0 atom stereocenters. The minimum atomic E-state index is -3.04. The highest BCUT2D eigenvalue weighted by Gasteiger charge is 2.28. The van der Waals surface area contributed by atoms with Gasteiger partial charge in [0, 0.05) is 61.4 Å². The van der Waals surface area contributed by atoms with Crippen molar-refractivity contribution in [3.05, 3.63) is 66.5 Å². The van der Waals surface area contributed by atoms with Crippen LogP contribution in [0.25, 0.3) is 16.9 Å². The molecule has 1 N–H and O–H groups in total. The number of carbonyl (C=O) groups excluding carboxylic acids is 1. The van der Waals surface area contributed by atoms with Crippen molar-refractivity contribution in [1.82, 2.24) is 44.3 Å². The van der Waals surface area contributed by atoms with Crippen LogP contribution >= 0.6 is 11.8 Å². The molecule has 0 saturated carbocycles. The molecule has 0 aliphatic carbocycles. The number of ether oxygens (including phenoxy) is 2. The summed E-state index contributed by atoms with van der Waals surface area (Å²) in [5.41, 5.74) is 2.18. The lowest BCUT2D eigenvalue weighted by atomic mass is 10.00. The maximum atomic E-state index is 13.5. The molecular weight excluding hydrogens is 630 g/mol. The topological polar surface area (TPSA) is 130 Å². The van der Waals surface area contributed by atoms with Crippen molar-refractivity contribution in [2.45, 2.75) is 55.8 Å². The summed E-state index contributed by atoms with van der Waals surface area (Å²) in [5, 5.41) is 20.7. The number of fused-ring (bicyclic) bond motifs is 1. The normalized spacial score (nSPS) is 16.7. The molecule has 0 bridgehead atoms. The number of halogens is 2. The zero-order valence-electron chi connectivity index (χ0n) is 25.7. The molecule has 2 saturated heterocycles. The van der Waals surface area contributed by atoms with Gasteiger partial charge in [0.05, 0.1) is 30.7 Å². The average molecular weight is 665 g/mol. The second-order valence-corrected chi connectivity index (χ2v) is 12.4. The smallest absolute Gasteiger partial charge is 0.387 e. The molecule has 0 spiro atoms. The van der Waals surface area contributed by atoms with E-state index in [1.165, 1.54) is 28.5 Å². The van der Waals surface area contributed by atoms with E-state index < -0.39 is 12.5 Å². The maximum Gasteiger partial charge on any atom is 0.387 e. The first-order chi connectivity index (χ1) is 22.9. The van der Waals surface area contributed by atoms with Gasteiger partial charge in [0.2, 0.25) is 0 Å². The van der Waals surface area contributed by atoms with E-state index in [-0.39, 0.29) is 29.6 Å². The van der Waals surface area contributed by atoms with E-state index in [1.54, 1.807) is 41.5 Å². The molecular formula is C31H34F2N10O3S.